The zero-order valence-corrected chi connectivity index (χ0v) is 16.4. The number of carbonyl (C=O) groups excluding carboxylic acids is 1. The number of carbonyl (C=O) groups is 1. The van der Waals surface area contributed by atoms with E-state index in [-0.39, 0.29) is 12.5 Å². The Morgan fingerprint density at radius 2 is 1.89 bits per heavy atom. The Labute approximate surface area is 162 Å². The molecule has 2 rings (SSSR count). The monoisotopic (exact) mass is 395 g/mol. The van der Waals surface area contributed by atoms with Crippen molar-refractivity contribution >= 4 is 11.8 Å². The van der Waals surface area contributed by atoms with E-state index in [0.29, 0.717) is 30.1 Å². The van der Waals surface area contributed by atoms with Gasteiger partial charge in [-0.05, 0) is 37.2 Å². The van der Waals surface area contributed by atoms with Gasteiger partial charge in [-0.25, -0.2) is 4.98 Å². The van der Waals surface area contributed by atoms with Crippen LogP contribution in [0, 0.1) is 0 Å². The van der Waals surface area contributed by atoms with Gasteiger partial charge in [-0.3, -0.25) is 9.69 Å². The van der Waals surface area contributed by atoms with Crippen molar-refractivity contribution in [3.8, 4) is 11.1 Å². The van der Waals surface area contributed by atoms with Crippen LogP contribution in [0.15, 0.2) is 36.5 Å². The molecule has 1 aromatic heterocycles. The Kier molecular flexibility index (Phi) is 7.01. The molecule has 0 N–H and O–H groups in total. The molecular weight excluding hydrogens is 371 g/mol. The Hall–Kier alpha value is -2.61. The third-order valence-electron chi connectivity index (χ3n) is 4.01. The first-order valence-electron chi connectivity index (χ1n) is 8.79. The Bertz CT molecular complexity index is 823. The predicted octanol–water partition coefficient (Wildman–Crippen LogP) is 3.83. The minimum Gasteiger partial charge on any atom is -0.465 e. The van der Waals surface area contributed by atoms with Crippen molar-refractivity contribution in [2.24, 2.45) is 0 Å². The largest absolute Gasteiger partial charge is 0.465 e. The van der Waals surface area contributed by atoms with E-state index < -0.39 is 11.7 Å². The standard InChI is InChI=1S/C20H24F3N3O2/c1-5-28-18(27)13-26(4)12-14-7-6-8-15(9-14)17-10-16(20(21,22)23)11-24-19(17)25(2)3/h6-11H,5,12-13H2,1-4H3. The summed E-state index contributed by atoms with van der Waals surface area (Å²) in [4.78, 5) is 19.1. The molecule has 1 aromatic carbocycles. The number of hydrogen-bond donors (Lipinski definition) is 0. The summed E-state index contributed by atoms with van der Waals surface area (Å²) in [7, 11) is 5.24. The molecule has 5 nitrogen and oxygen atoms in total. The quantitative estimate of drug-likeness (QED) is 0.667. The Morgan fingerprint density at radius 3 is 2.50 bits per heavy atom. The first kappa shape index (κ1) is 21.7. The van der Waals surface area contributed by atoms with Gasteiger partial charge in [0.15, 0.2) is 0 Å². The lowest BCUT2D eigenvalue weighted by Crippen LogP contribution is -2.27. The van der Waals surface area contributed by atoms with Crippen molar-refractivity contribution in [1.29, 1.82) is 0 Å². The molecule has 0 fully saturated rings. The molecule has 0 radical (unpaired) electrons. The summed E-state index contributed by atoms with van der Waals surface area (Å²) in [5.41, 5.74) is 1.10. The van der Waals surface area contributed by atoms with E-state index in [1.807, 2.05) is 12.1 Å². The summed E-state index contributed by atoms with van der Waals surface area (Å²) in [6, 6.07) is 8.32. The van der Waals surface area contributed by atoms with Crippen molar-refractivity contribution in [1.82, 2.24) is 9.88 Å². The number of likely N-dealkylation sites (N-methyl/N-ethyl adjacent to an activating group) is 1. The summed E-state index contributed by atoms with van der Waals surface area (Å²) in [5.74, 6) is 0.128. The lowest BCUT2D eigenvalue weighted by Gasteiger charge is -2.19. The van der Waals surface area contributed by atoms with Crippen LogP contribution in [0.3, 0.4) is 0 Å². The topological polar surface area (TPSA) is 45.7 Å². The molecule has 0 spiro atoms. The second-order valence-corrected chi connectivity index (χ2v) is 6.67. The highest BCUT2D eigenvalue weighted by Gasteiger charge is 2.32. The van der Waals surface area contributed by atoms with Gasteiger partial charge in [0, 0.05) is 32.4 Å². The minimum atomic E-state index is -4.47. The van der Waals surface area contributed by atoms with Crippen LogP contribution >= 0.6 is 0 Å². The maximum absolute atomic E-state index is 13.1. The second kappa shape index (κ2) is 9.05. The minimum absolute atomic E-state index is 0.131. The van der Waals surface area contributed by atoms with E-state index in [2.05, 4.69) is 4.98 Å². The third-order valence-corrected chi connectivity index (χ3v) is 4.01. The van der Waals surface area contributed by atoms with E-state index in [1.165, 1.54) is 0 Å². The first-order chi connectivity index (χ1) is 13.1. The molecule has 0 atom stereocenters. The fourth-order valence-corrected chi connectivity index (χ4v) is 2.81. The van der Waals surface area contributed by atoms with Gasteiger partial charge in [0.2, 0.25) is 0 Å². The molecule has 0 bridgehead atoms. The number of halogens is 3. The second-order valence-electron chi connectivity index (χ2n) is 6.67. The summed E-state index contributed by atoms with van der Waals surface area (Å²) >= 11 is 0. The van der Waals surface area contributed by atoms with Gasteiger partial charge in [0.25, 0.3) is 0 Å². The molecule has 0 saturated heterocycles. The van der Waals surface area contributed by atoms with E-state index in [1.54, 1.807) is 50.0 Å². The maximum Gasteiger partial charge on any atom is 0.417 e. The molecule has 0 saturated carbocycles. The van der Waals surface area contributed by atoms with Crippen LogP contribution in [0.5, 0.6) is 0 Å². The number of esters is 1. The molecule has 152 valence electrons. The first-order valence-corrected chi connectivity index (χ1v) is 8.79. The van der Waals surface area contributed by atoms with Crippen LogP contribution in [0.2, 0.25) is 0 Å². The van der Waals surface area contributed by atoms with E-state index in [9.17, 15) is 18.0 Å². The highest BCUT2D eigenvalue weighted by atomic mass is 19.4. The highest BCUT2D eigenvalue weighted by Crippen LogP contribution is 2.35. The smallest absolute Gasteiger partial charge is 0.417 e. The number of ether oxygens (including phenoxy) is 1. The van der Waals surface area contributed by atoms with Crippen LogP contribution in [-0.2, 0) is 22.3 Å². The SMILES string of the molecule is CCOC(=O)CN(C)Cc1cccc(-c2cc(C(F)(F)F)cnc2N(C)C)c1. The fraction of sp³-hybridized carbons (Fsp3) is 0.400. The van der Waals surface area contributed by atoms with Crippen LogP contribution < -0.4 is 4.90 Å². The normalized spacial score (nSPS) is 11.6. The number of pyridine rings is 1. The number of aromatic nitrogens is 1. The van der Waals surface area contributed by atoms with Gasteiger partial charge in [0.05, 0.1) is 18.7 Å². The Morgan fingerprint density at radius 1 is 1.18 bits per heavy atom. The lowest BCUT2D eigenvalue weighted by molar-refractivity contribution is -0.144. The van der Waals surface area contributed by atoms with Crippen molar-refractivity contribution in [2.75, 3.05) is 39.2 Å². The van der Waals surface area contributed by atoms with Gasteiger partial charge in [0.1, 0.15) is 5.82 Å². The van der Waals surface area contributed by atoms with Crippen LogP contribution in [0.4, 0.5) is 19.0 Å². The van der Waals surface area contributed by atoms with Crippen molar-refractivity contribution in [3.05, 3.63) is 47.7 Å². The van der Waals surface area contributed by atoms with E-state index >= 15 is 0 Å². The molecule has 1 heterocycles. The maximum atomic E-state index is 13.1. The van der Waals surface area contributed by atoms with Crippen molar-refractivity contribution in [3.63, 3.8) is 0 Å². The van der Waals surface area contributed by atoms with E-state index in [0.717, 1.165) is 17.8 Å². The summed E-state index contributed by atoms with van der Waals surface area (Å²) in [6.07, 6.45) is -3.63. The van der Waals surface area contributed by atoms with Crippen molar-refractivity contribution in [2.45, 2.75) is 19.6 Å². The van der Waals surface area contributed by atoms with E-state index in [4.69, 9.17) is 4.74 Å². The van der Waals surface area contributed by atoms with Gasteiger partial charge in [-0.1, -0.05) is 18.2 Å². The van der Waals surface area contributed by atoms with Gasteiger partial charge < -0.3 is 9.64 Å². The molecule has 0 unspecified atom stereocenters. The van der Waals surface area contributed by atoms with Crippen LogP contribution in [0.25, 0.3) is 11.1 Å². The molecule has 8 heteroatoms. The van der Waals surface area contributed by atoms with Gasteiger partial charge >= 0.3 is 12.1 Å². The summed E-state index contributed by atoms with van der Waals surface area (Å²) in [6.45, 7) is 2.65. The number of hydrogen-bond acceptors (Lipinski definition) is 5. The average molecular weight is 395 g/mol. The highest BCUT2D eigenvalue weighted by molar-refractivity contribution is 5.76. The van der Waals surface area contributed by atoms with Crippen LogP contribution in [0.1, 0.15) is 18.1 Å². The predicted molar refractivity (Wildman–Crippen MR) is 102 cm³/mol. The lowest BCUT2D eigenvalue weighted by atomic mass is 10.0. The van der Waals surface area contributed by atoms with Crippen molar-refractivity contribution < 1.29 is 22.7 Å². The summed E-state index contributed by atoms with van der Waals surface area (Å²) in [5, 5.41) is 0. The zero-order chi connectivity index (χ0) is 20.9. The number of rotatable bonds is 7. The molecule has 0 aliphatic rings. The molecule has 28 heavy (non-hydrogen) atoms. The summed E-state index contributed by atoms with van der Waals surface area (Å²) < 4.78 is 44.4. The Balaban J connectivity index is 2.33. The average Bonchev–Trinajstić information content (AvgIpc) is 2.60. The van der Waals surface area contributed by atoms with Crippen LogP contribution in [-0.4, -0.2) is 50.1 Å². The number of alkyl halides is 3. The fourth-order valence-electron chi connectivity index (χ4n) is 2.81. The molecular formula is C20H24F3N3O2. The van der Waals surface area contributed by atoms with Gasteiger partial charge in [-0.2, -0.15) is 13.2 Å². The number of anilines is 1. The number of nitrogens with zero attached hydrogens (tertiary/aromatic N) is 3. The molecule has 0 aliphatic heterocycles. The number of benzene rings is 1. The molecule has 0 aliphatic carbocycles. The third kappa shape index (κ3) is 5.69. The molecule has 2 aromatic rings. The molecule has 0 amide bonds. The zero-order valence-electron chi connectivity index (χ0n) is 16.4. The van der Waals surface area contributed by atoms with Gasteiger partial charge in [-0.15, -0.1) is 0 Å².